The van der Waals surface area contributed by atoms with Gasteiger partial charge in [-0.3, -0.25) is 14.6 Å². The van der Waals surface area contributed by atoms with Crippen LogP contribution in [0.2, 0.25) is 0 Å². The molecular formula is C25H21N3O3S. The molecule has 2 heterocycles. The van der Waals surface area contributed by atoms with E-state index in [1.54, 1.807) is 12.3 Å². The number of carbonyl (C=O) groups is 2. The van der Waals surface area contributed by atoms with Crippen molar-refractivity contribution in [2.75, 3.05) is 5.32 Å². The first-order valence-corrected chi connectivity index (χ1v) is 10.8. The van der Waals surface area contributed by atoms with Crippen LogP contribution in [0.15, 0.2) is 85.1 Å². The van der Waals surface area contributed by atoms with Gasteiger partial charge in [0.1, 0.15) is 17.4 Å². The van der Waals surface area contributed by atoms with Gasteiger partial charge in [-0.25, -0.2) is 0 Å². The zero-order chi connectivity index (χ0) is 22.3. The summed E-state index contributed by atoms with van der Waals surface area (Å²) in [7, 11) is 0. The van der Waals surface area contributed by atoms with Gasteiger partial charge < -0.3 is 15.8 Å². The second-order valence-corrected chi connectivity index (χ2v) is 8.11. The molecule has 0 saturated carbocycles. The highest BCUT2D eigenvalue weighted by molar-refractivity contribution is 7.20. The Kier molecular flexibility index (Phi) is 6.57. The first kappa shape index (κ1) is 21.3. The molecule has 2 aromatic heterocycles. The highest BCUT2D eigenvalue weighted by Crippen LogP contribution is 2.35. The number of rotatable bonds is 8. The number of nitrogens with zero attached hydrogens (tertiary/aromatic N) is 1. The molecular weight excluding hydrogens is 422 g/mol. The minimum atomic E-state index is -0.576. The second kappa shape index (κ2) is 9.89. The van der Waals surface area contributed by atoms with E-state index < -0.39 is 5.91 Å². The second-order valence-electron chi connectivity index (χ2n) is 7.06. The Balaban J connectivity index is 1.39. The van der Waals surface area contributed by atoms with Crippen molar-refractivity contribution in [1.82, 2.24) is 4.98 Å². The van der Waals surface area contributed by atoms with Crippen LogP contribution in [-0.4, -0.2) is 16.8 Å². The molecule has 2 amide bonds. The molecule has 0 bridgehead atoms. The van der Waals surface area contributed by atoms with Crippen molar-refractivity contribution in [2.45, 2.75) is 13.0 Å². The maximum atomic E-state index is 12.6. The molecule has 0 unspecified atom stereocenters. The Morgan fingerprint density at radius 1 is 0.969 bits per heavy atom. The molecule has 0 aliphatic carbocycles. The van der Waals surface area contributed by atoms with Crippen molar-refractivity contribution in [1.29, 1.82) is 0 Å². The highest BCUT2D eigenvalue weighted by Gasteiger charge is 2.17. The molecule has 2 aromatic carbocycles. The summed E-state index contributed by atoms with van der Waals surface area (Å²) in [5, 5.41) is 3.29. The van der Waals surface area contributed by atoms with E-state index in [-0.39, 0.29) is 12.3 Å². The van der Waals surface area contributed by atoms with Crippen molar-refractivity contribution in [3.63, 3.8) is 0 Å². The Labute approximate surface area is 189 Å². The van der Waals surface area contributed by atoms with Gasteiger partial charge in [-0.1, -0.05) is 48.5 Å². The number of benzene rings is 2. The van der Waals surface area contributed by atoms with Crippen LogP contribution in [0.3, 0.4) is 0 Å². The highest BCUT2D eigenvalue weighted by atomic mass is 32.1. The molecule has 3 N–H and O–H groups in total. The Hall–Kier alpha value is -3.97. The first-order chi connectivity index (χ1) is 15.6. The first-order valence-electron chi connectivity index (χ1n) is 9.99. The Morgan fingerprint density at radius 2 is 1.72 bits per heavy atom. The quantitative estimate of drug-likeness (QED) is 0.414. The molecule has 0 spiro atoms. The van der Waals surface area contributed by atoms with Crippen LogP contribution in [-0.2, 0) is 17.8 Å². The number of ether oxygens (including phenoxy) is 1. The van der Waals surface area contributed by atoms with Crippen molar-refractivity contribution >= 4 is 28.2 Å². The molecule has 32 heavy (non-hydrogen) atoms. The Morgan fingerprint density at radius 3 is 2.41 bits per heavy atom. The smallest absolute Gasteiger partial charge is 0.251 e. The number of pyridine rings is 1. The predicted octanol–water partition coefficient (Wildman–Crippen LogP) is 4.67. The molecule has 0 aliphatic rings. The van der Waals surface area contributed by atoms with Crippen LogP contribution in [0.4, 0.5) is 5.00 Å². The van der Waals surface area contributed by atoms with Crippen molar-refractivity contribution in [2.24, 2.45) is 5.73 Å². The van der Waals surface area contributed by atoms with Crippen molar-refractivity contribution < 1.29 is 14.3 Å². The maximum absolute atomic E-state index is 12.6. The molecule has 4 rings (SSSR count). The molecule has 0 saturated heterocycles. The van der Waals surface area contributed by atoms with Crippen LogP contribution >= 0.6 is 11.3 Å². The number of carbonyl (C=O) groups excluding carboxylic acids is 2. The van der Waals surface area contributed by atoms with Crippen LogP contribution < -0.4 is 15.8 Å². The lowest BCUT2D eigenvalue weighted by molar-refractivity contribution is -0.115. The minimum absolute atomic E-state index is 0.164. The van der Waals surface area contributed by atoms with Crippen LogP contribution in [0, 0.1) is 0 Å². The summed E-state index contributed by atoms with van der Waals surface area (Å²) in [4.78, 5) is 29.6. The molecule has 7 heteroatoms. The fourth-order valence-corrected chi connectivity index (χ4v) is 4.20. The lowest BCUT2D eigenvalue weighted by atomic mass is 10.1. The average molecular weight is 444 g/mol. The van der Waals surface area contributed by atoms with Gasteiger partial charge in [-0.05, 0) is 41.5 Å². The summed E-state index contributed by atoms with van der Waals surface area (Å²) in [5.41, 5.74) is 8.45. The third kappa shape index (κ3) is 5.39. The average Bonchev–Trinajstić information content (AvgIpc) is 3.24. The summed E-state index contributed by atoms with van der Waals surface area (Å²) >= 11 is 1.33. The van der Waals surface area contributed by atoms with Gasteiger partial charge in [0.25, 0.3) is 5.91 Å². The molecule has 6 nitrogen and oxygen atoms in total. The number of primary amides is 1. The fraction of sp³-hybridized carbons (Fsp3) is 0.0800. The molecule has 0 fully saturated rings. The van der Waals surface area contributed by atoms with Crippen LogP contribution in [0.1, 0.15) is 21.6 Å². The topological polar surface area (TPSA) is 94.3 Å². The predicted molar refractivity (Wildman–Crippen MR) is 126 cm³/mol. The third-order valence-corrected chi connectivity index (χ3v) is 5.81. The number of amides is 2. The van der Waals surface area contributed by atoms with Crippen LogP contribution in [0.25, 0.3) is 10.4 Å². The zero-order valence-electron chi connectivity index (χ0n) is 17.2. The molecule has 0 aliphatic heterocycles. The Bertz CT molecular complexity index is 1210. The van der Waals surface area contributed by atoms with Gasteiger partial charge in [0, 0.05) is 11.1 Å². The van der Waals surface area contributed by atoms with Crippen molar-refractivity contribution in [3.8, 4) is 16.2 Å². The van der Waals surface area contributed by atoms with Gasteiger partial charge in [-0.2, -0.15) is 0 Å². The summed E-state index contributed by atoms with van der Waals surface area (Å²) < 4.78 is 5.72. The van der Waals surface area contributed by atoms with Gasteiger partial charge in [0.05, 0.1) is 17.7 Å². The summed E-state index contributed by atoms with van der Waals surface area (Å²) in [6, 6.07) is 24.3. The lowest BCUT2D eigenvalue weighted by Crippen LogP contribution is -2.17. The number of nitrogens with one attached hydrogen (secondary N) is 1. The number of aromatic nitrogens is 1. The lowest BCUT2D eigenvalue weighted by Gasteiger charge is -2.08. The molecule has 4 aromatic rings. The number of hydrogen-bond acceptors (Lipinski definition) is 5. The van der Waals surface area contributed by atoms with E-state index in [2.05, 4.69) is 10.3 Å². The van der Waals surface area contributed by atoms with Gasteiger partial charge in [0.2, 0.25) is 5.91 Å². The SMILES string of the molecule is NC(=O)c1cc(-c2ccccc2)sc1NC(=O)Cc1ccc(OCc2ccccn2)cc1. The monoisotopic (exact) mass is 443 g/mol. The summed E-state index contributed by atoms with van der Waals surface area (Å²) in [5.74, 6) is -0.106. The summed E-state index contributed by atoms with van der Waals surface area (Å²) in [6.45, 7) is 0.374. The van der Waals surface area contributed by atoms with Gasteiger partial charge in [-0.15, -0.1) is 11.3 Å². The molecule has 0 radical (unpaired) electrons. The number of hydrogen-bond donors (Lipinski definition) is 2. The summed E-state index contributed by atoms with van der Waals surface area (Å²) in [6.07, 6.45) is 1.89. The zero-order valence-corrected chi connectivity index (χ0v) is 18.0. The third-order valence-electron chi connectivity index (χ3n) is 4.71. The minimum Gasteiger partial charge on any atom is -0.487 e. The van der Waals surface area contributed by atoms with E-state index in [0.29, 0.717) is 22.9 Å². The molecule has 0 atom stereocenters. The van der Waals surface area contributed by atoms with E-state index in [1.165, 1.54) is 11.3 Å². The van der Waals surface area contributed by atoms with E-state index in [0.717, 1.165) is 21.7 Å². The van der Waals surface area contributed by atoms with E-state index in [1.807, 2.05) is 72.8 Å². The van der Waals surface area contributed by atoms with Crippen molar-refractivity contribution in [3.05, 3.63) is 102 Å². The van der Waals surface area contributed by atoms with Crippen LogP contribution in [0.5, 0.6) is 5.75 Å². The number of anilines is 1. The number of nitrogens with two attached hydrogens (primary N) is 1. The standard InChI is InChI=1S/C25H21N3O3S/c26-24(30)21-15-22(18-6-2-1-3-7-18)32-25(21)28-23(29)14-17-9-11-20(12-10-17)31-16-19-8-4-5-13-27-19/h1-13,15H,14,16H2,(H2,26,30)(H,28,29). The maximum Gasteiger partial charge on any atom is 0.251 e. The van der Waals surface area contributed by atoms with Gasteiger partial charge in [0.15, 0.2) is 0 Å². The largest absolute Gasteiger partial charge is 0.487 e. The van der Waals surface area contributed by atoms with E-state index >= 15 is 0 Å². The number of thiophene rings is 1. The van der Waals surface area contributed by atoms with E-state index in [4.69, 9.17) is 10.5 Å². The molecule has 160 valence electrons. The fourth-order valence-electron chi connectivity index (χ4n) is 3.11. The normalized spacial score (nSPS) is 10.5. The van der Waals surface area contributed by atoms with E-state index in [9.17, 15) is 9.59 Å². The van der Waals surface area contributed by atoms with Gasteiger partial charge >= 0.3 is 0 Å².